The van der Waals surface area contributed by atoms with Gasteiger partial charge in [0.2, 0.25) is 0 Å². The van der Waals surface area contributed by atoms with Gasteiger partial charge in [-0.05, 0) is 42.7 Å². The number of aliphatic hydroxyl groups is 1. The molecule has 0 aliphatic carbocycles. The van der Waals surface area contributed by atoms with Crippen molar-refractivity contribution < 1.29 is 14.6 Å². The monoisotopic (exact) mass is 399 g/mol. The number of ether oxygens (including phenoxy) is 2. The minimum Gasteiger partial charge on any atom is -0.424 e. The fourth-order valence-electron chi connectivity index (χ4n) is 2.96. The number of hydrogen-bond donors (Lipinski definition) is 1. The molecule has 0 bridgehead atoms. The summed E-state index contributed by atoms with van der Waals surface area (Å²) in [5, 5.41) is 9.73. The molecule has 0 spiro atoms. The summed E-state index contributed by atoms with van der Waals surface area (Å²) in [6.07, 6.45) is 0. The van der Waals surface area contributed by atoms with E-state index in [1.807, 2.05) is 86.6 Å². The second kappa shape index (κ2) is 8.71. The minimum absolute atomic E-state index is 0.116. The molecule has 1 heterocycles. The van der Waals surface area contributed by atoms with Crippen LogP contribution in [0.2, 0.25) is 0 Å². The molecule has 0 unspecified atom stereocenters. The van der Waals surface area contributed by atoms with Gasteiger partial charge in [-0.1, -0.05) is 60.7 Å². The molecule has 0 aliphatic heterocycles. The number of hydrogen-bond acceptors (Lipinski definition) is 6. The minimum atomic E-state index is -0.135. The molecule has 3 aromatic carbocycles. The van der Waals surface area contributed by atoms with Gasteiger partial charge in [-0.25, -0.2) is 0 Å². The van der Waals surface area contributed by atoms with Gasteiger partial charge in [0.25, 0.3) is 0 Å². The number of aryl methyl sites for hydroxylation is 2. The Morgan fingerprint density at radius 2 is 1.17 bits per heavy atom. The third-order valence-electron chi connectivity index (χ3n) is 4.61. The van der Waals surface area contributed by atoms with E-state index in [1.165, 1.54) is 0 Å². The quantitative estimate of drug-likeness (QED) is 0.478. The summed E-state index contributed by atoms with van der Waals surface area (Å²) < 4.78 is 11.9. The molecule has 0 atom stereocenters. The van der Waals surface area contributed by atoms with Crippen LogP contribution in [0.1, 0.15) is 16.7 Å². The summed E-state index contributed by atoms with van der Waals surface area (Å²) in [5.74, 6) is 1.65. The third kappa shape index (κ3) is 4.29. The predicted octanol–water partition coefficient (Wildman–Crippen LogP) is 5.23. The lowest BCUT2D eigenvalue weighted by Gasteiger charge is -2.12. The Morgan fingerprint density at radius 3 is 1.70 bits per heavy atom. The van der Waals surface area contributed by atoms with Crippen molar-refractivity contribution in [2.45, 2.75) is 20.5 Å². The van der Waals surface area contributed by atoms with Gasteiger partial charge in [-0.2, -0.15) is 9.97 Å². The van der Waals surface area contributed by atoms with Gasteiger partial charge < -0.3 is 14.6 Å². The van der Waals surface area contributed by atoms with Crippen molar-refractivity contribution in [3.8, 4) is 34.9 Å². The first-order chi connectivity index (χ1) is 14.6. The fraction of sp³-hybridized carbons (Fsp3) is 0.125. The molecule has 6 nitrogen and oxygen atoms in total. The average molecular weight is 399 g/mol. The molecule has 6 heteroatoms. The summed E-state index contributed by atoms with van der Waals surface area (Å²) in [6, 6.07) is 22.9. The third-order valence-corrected chi connectivity index (χ3v) is 4.61. The largest absolute Gasteiger partial charge is 0.424 e. The number of benzene rings is 3. The van der Waals surface area contributed by atoms with Gasteiger partial charge in [-0.15, -0.1) is 4.98 Å². The first kappa shape index (κ1) is 19.5. The number of para-hydroxylation sites is 2. The molecular formula is C24H21N3O3. The predicted molar refractivity (Wildman–Crippen MR) is 114 cm³/mol. The lowest BCUT2D eigenvalue weighted by Crippen LogP contribution is -2.03. The number of rotatable bonds is 6. The van der Waals surface area contributed by atoms with Crippen LogP contribution in [0.4, 0.5) is 0 Å². The maximum atomic E-state index is 9.73. The van der Waals surface area contributed by atoms with Gasteiger partial charge in [0, 0.05) is 5.56 Å². The van der Waals surface area contributed by atoms with Crippen LogP contribution < -0.4 is 9.47 Å². The molecule has 1 N–H and O–H groups in total. The number of aromatic nitrogens is 3. The van der Waals surface area contributed by atoms with Crippen molar-refractivity contribution in [2.75, 3.05) is 0 Å². The zero-order valence-electron chi connectivity index (χ0n) is 16.7. The molecule has 0 amide bonds. The van der Waals surface area contributed by atoms with E-state index in [-0.39, 0.29) is 18.6 Å². The molecule has 150 valence electrons. The van der Waals surface area contributed by atoms with Crippen LogP contribution >= 0.6 is 0 Å². The Hall–Kier alpha value is -3.77. The lowest BCUT2D eigenvalue weighted by molar-refractivity contribution is 0.282. The Bertz CT molecular complexity index is 1110. The van der Waals surface area contributed by atoms with Crippen LogP contribution in [0.3, 0.4) is 0 Å². The molecule has 0 saturated heterocycles. The highest BCUT2D eigenvalue weighted by molar-refractivity contribution is 5.60. The normalized spacial score (nSPS) is 10.6. The van der Waals surface area contributed by atoms with Crippen LogP contribution in [0.5, 0.6) is 23.5 Å². The molecule has 4 aromatic rings. The first-order valence-electron chi connectivity index (χ1n) is 9.56. The van der Waals surface area contributed by atoms with Crippen molar-refractivity contribution in [2.24, 2.45) is 0 Å². The molecule has 0 aliphatic rings. The zero-order valence-corrected chi connectivity index (χ0v) is 16.7. The summed E-state index contributed by atoms with van der Waals surface area (Å²) in [7, 11) is 0. The maximum Gasteiger partial charge on any atom is 0.328 e. The van der Waals surface area contributed by atoms with E-state index in [2.05, 4.69) is 15.0 Å². The van der Waals surface area contributed by atoms with Crippen molar-refractivity contribution in [1.82, 2.24) is 15.0 Å². The second-order valence-corrected chi connectivity index (χ2v) is 6.77. The van der Waals surface area contributed by atoms with Crippen LogP contribution in [0.15, 0.2) is 72.8 Å². The molecule has 0 radical (unpaired) electrons. The smallest absolute Gasteiger partial charge is 0.328 e. The van der Waals surface area contributed by atoms with E-state index < -0.39 is 0 Å². The van der Waals surface area contributed by atoms with Crippen LogP contribution in [0.25, 0.3) is 11.4 Å². The van der Waals surface area contributed by atoms with Gasteiger partial charge >= 0.3 is 12.0 Å². The Kier molecular flexibility index (Phi) is 5.68. The second-order valence-electron chi connectivity index (χ2n) is 6.77. The summed E-state index contributed by atoms with van der Waals surface area (Å²) in [5.41, 5.74) is 3.30. The van der Waals surface area contributed by atoms with Gasteiger partial charge in [-0.3, -0.25) is 0 Å². The average Bonchev–Trinajstić information content (AvgIpc) is 2.77. The highest BCUT2D eigenvalue weighted by atomic mass is 16.5. The van der Waals surface area contributed by atoms with Crippen molar-refractivity contribution in [1.29, 1.82) is 0 Å². The summed E-state index contributed by atoms with van der Waals surface area (Å²) in [4.78, 5) is 13.3. The Morgan fingerprint density at radius 1 is 0.667 bits per heavy atom. The van der Waals surface area contributed by atoms with Gasteiger partial charge in [0.1, 0.15) is 11.5 Å². The van der Waals surface area contributed by atoms with E-state index in [1.54, 1.807) is 0 Å². The maximum absolute atomic E-state index is 9.73. The molecule has 4 rings (SSSR count). The first-order valence-corrected chi connectivity index (χ1v) is 9.56. The Labute approximate surface area is 174 Å². The van der Waals surface area contributed by atoms with Crippen LogP contribution in [0, 0.1) is 13.8 Å². The van der Waals surface area contributed by atoms with Gasteiger partial charge in [0.05, 0.1) is 6.61 Å². The molecule has 0 fully saturated rings. The zero-order chi connectivity index (χ0) is 20.9. The van der Waals surface area contributed by atoms with E-state index in [4.69, 9.17) is 9.47 Å². The van der Waals surface area contributed by atoms with Gasteiger partial charge in [0.15, 0.2) is 5.82 Å². The molecular weight excluding hydrogens is 378 g/mol. The number of aliphatic hydroxyl groups excluding tert-OH is 1. The van der Waals surface area contributed by atoms with E-state index in [0.29, 0.717) is 28.5 Å². The highest BCUT2D eigenvalue weighted by Crippen LogP contribution is 2.29. The van der Waals surface area contributed by atoms with Crippen molar-refractivity contribution in [3.05, 3.63) is 89.5 Å². The van der Waals surface area contributed by atoms with Crippen molar-refractivity contribution in [3.63, 3.8) is 0 Å². The van der Waals surface area contributed by atoms with Crippen LogP contribution in [-0.2, 0) is 6.61 Å². The summed E-state index contributed by atoms with van der Waals surface area (Å²) in [6.45, 7) is 3.76. The molecule has 0 saturated carbocycles. The lowest BCUT2D eigenvalue weighted by atomic mass is 10.1. The molecule has 1 aromatic heterocycles. The number of nitrogens with zero attached hydrogens (tertiary/aromatic N) is 3. The highest BCUT2D eigenvalue weighted by Gasteiger charge is 2.15. The topological polar surface area (TPSA) is 77.4 Å². The van der Waals surface area contributed by atoms with Crippen molar-refractivity contribution >= 4 is 0 Å². The van der Waals surface area contributed by atoms with E-state index in [9.17, 15) is 5.11 Å². The van der Waals surface area contributed by atoms with E-state index in [0.717, 1.165) is 11.1 Å². The standard InChI is InChI=1S/C24H21N3O3/c1-16-9-3-7-13-20(16)29-23-25-22(19-12-6-5-11-18(19)15-28)26-24(27-23)30-21-14-8-4-10-17(21)2/h3-14,28H,15H2,1-2H3. The fourth-order valence-corrected chi connectivity index (χ4v) is 2.96. The van der Waals surface area contributed by atoms with Crippen LogP contribution in [-0.4, -0.2) is 20.1 Å². The SMILES string of the molecule is Cc1ccccc1Oc1nc(Oc2ccccc2C)nc(-c2ccccc2CO)n1. The Balaban J connectivity index is 1.79. The molecule has 30 heavy (non-hydrogen) atoms. The summed E-state index contributed by atoms with van der Waals surface area (Å²) >= 11 is 0. The van der Waals surface area contributed by atoms with E-state index >= 15 is 0 Å².